The van der Waals surface area contributed by atoms with Crippen molar-refractivity contribution in [2.45, 2.75) is 59.0 Å². The summed E-state index contributed by atoms with van der Waals surface area (Å²) in [5.74, 6) is 2.92. The Morgan fingerprint density at radius 1 is 1.07 bits per heavy atom. The summed E-state index contributed by atoms with van der Waals surface area (Å²) >= 11 is 0. The van der Waals surface area contributed by atoms with Crippen LogP contribution < -0.4 is 0 Å². The number of nitrogens with zero attached hydrogens (tertiary/aromatic N) is 1. The van der Waals surface area contributed by atoms with Crippen molar-refractivity contribution in [3.63, 3.8) is 0 Å². The SMILES string of the molecule is CC(C)N(C(C)(C)C)S1(C)CCCC1. The van der Waals surface area contributed by atoms with Crippen molar-refractivity contribution in [3.8, 4) is 0 Å². The summed E-state index contributed by atoms with van der Waals surface area (Å²) < 4.78 is 2.80. The minimum absolute atomic E-state index is 0.336. The van der Waals surface area contributed by atoms with E-state index in [1.54, 1.807) is 0 Å². The first-order valence-electron chi connectivity index (χ1n) is 5.80. The summed E-state index contributed by atoms with van der Waals surface area (Å²) in [6, 6.07) is 0.688. The van der Waals surface area contributed by atoms with Crippen LogP contribution in [0, 0.1) is 0 Å². The fraction of sp³-hybridized carbons (Fsp3) is 1.00. The van der Waals surface area contributed by atoms with Gasteiger partial charge >= 0.3 is 0 Å². The first kappa shape index (κ1) is 12.4. The van der Waals surface area contributed by atoms with Gasteiger partial charge in [0.1, 0.15) is 0 Å². The molecule has 1 heterocycles. The molecular formula is C12H27NS. The van der Waals surface area contributed by atoms with Crippen LogP contribution in [0.4, 0.5) is 0 Å². The first-order valence-corrected chi connectivity index (χ1v) is 8.14. The van der Waals surface area contributed by atoms with Crippen LogP contribution in [-0.2, 0) is 0 Å². The molecule has 0 bridgehead atoms. The minimum atomic E-state index is -0.468. The van der Waals surface area contributed by atoms with E-state index in [-0.39, 0.29) is 0 Å². The van der Waals surface area contributed by atoms with Crippen molar-refractivity contribution in [1.29, 1.82) is 0 Å². The zero-order valence-electron chi connectivity index (χ0n) is 10.8. The van der Waals surface area contributed by atoms with E-state index in [0.29, 0.717) is 11.6 Å². The quantitative estimate of drug-likeness (QED) is 0.682. The van der Waals surface area contributed by atoms with E-state index in [9.17, 15) is 0 Å². The van der Waals surface area contributed by atoms with E-state index in [4.69, 9.17) is 0 Å². The molecule has 0 aromatic carbocycles. The third-order valence-corrected chi connectivity index (χ3v) is 7.28. The molecule has 0 N–H and O–H groups in total. The van der Waals surface area contributed by atoms with Crippen LogP contribution in [0.5, 0.6) is 0 Å². The van der Waals surface area contributed by atoms with E-state index >= 15 is 0 Å². The highest BCUT2D eigenvalue weighted by molar-refractivity contribution is 8.31. The second kappa shape index (κ2) is 4.05. The molecule has 0 amide bonds. The van der Waals surface area contributed by atoms with Crippen molar-refractivity contribution in [3.05, 3.63) is 0 Å². The Balaban J connectivity index is 2.87. The largest absolute Gasteiger partial charge is 0.260 e. The predicted molar refractivity (Wildman–Crippen MR) is 69.2 cm³/mol. The standard InChI is InChI=1S/C12H27NS/c1-11(2)13(12(3,4)5)14(6)9-7-8-10-14/h11H,7-10H2,1-6H3. The maximum Gasteiger partial charge on any atom is 0.0216 e. The van der Waals surface area contributed by atoms with Gasteiger partial charge in [-0.1, -0.05) is 0 Å². The number of rotatable bonds is 2. The van der Waals surface area contributed by atoms with Gasteiger partial charge in [0.15, 0.2) is 0 Å². The second-order valence-corrected chi connectivity index (χ2v) is 9.58. The van der Waals surface area contributed by atoms with Gasteiger partial charge in [-0.3, -0.25) is 4.31 Å². The molecule has 2 heteroatoms. The highest BCUT2D eigenvalue weighted by Crippen LogP contribution is 2.57. The predicted octanol–water partition coefficient (Wildman–Crippen LogP) is 3.64. The van der Waals surface area contributed by atoms with Crippen LogP contribution in [0.15, 0.2) is 0 Å². The molecule has 1 saturated heterocycles. The van der Waals surface area contributed by atoms with Crippen LogP contribution in [-0.4, -0.2) is 33.6 Å². The highest BCUT2D eigenvalue weighted by Gasteiger charge is 2.38. The molecule has 0 aromatic heterocycles. The molecule has 86 valence electrons. The first-order chi connectivity index (χ1) is 6.27. The highest BCUT2D eigenvalue weighted by atomic mass is 32.3. The lowest BCUT2D eigenvalue weighted by Crippen LogP contribution is -2.47. The summed E-state index contributed by atoms with van der Waals surface area (Å²) in [5, 5.41) is 0. The van der Waals surface area contributed by atoms with E-state index in [0.717, 1.165) is 0 Å². The van der Waals surface area contributed by atoms with E-state index in [1.165, 1.54) is 24.3 Å². The average molecular weight is 217 g/mol. The van der Waals surface area contributed by atoms with Gasteiger partial charge in [-0.25, -0.2) is 0 Å². The van der Waals surface area contributed by atoms with Crippen molar-refractivity contribution in [1.82, 2.24) is 4.31 Å². The molecule has 1 aliphatic rings. The zero-order valence-corrected chi connectivity index (χ0v) is 11.6. The monoisotopic (exact) mass is 217 g/mol. The van der Waals surface area contributed by atoms with Crippen molar-refractivity contribution >= 4 is 10.2 Å². The van der Waals surface area contributed by atoms with E-state index in [2.05, 4.69) is 45.2 Å². The molecule has 0 aliphatic carbocycles. The third-order valence-electron chi connectivity index (χ3n) is 3.02. The summed E-state index contributed by atoms with van der Waals surface area (Å²) in [6.07, 6.45) is 5.43. The molecule has 0 atom stereocenters. The van der Waals surface area contributed by atoms with Crippen LogP contribution >= 0.6 is 10.2 Å². The maximum atomic E-state index is 2.80. The fourth-order valence-electron chi connectivity index (χ4n) is 3.07. The van der Waals surface area contributed by atoms with Gasteiger partial charge in [0.2, 0.25) is 0 Å². The second-order valence-electron chi connectivity index (χ2n) is 5.93. The topological polar surface area (TPSA) is 3.24 Å². The lowest BCUT2D eigenvalue weighted by Gasteiger charge is -2.53. The van der Waals surface area contributed by atoms with Crippen LogP contribution in [0.3, 0.4) is 0 Å². The van der Waals surface area contributed by atoms with E-state index < -0.39 is 10.2 Å². The molecule has 0 saturated carbocycles. The molecule has 0 radical (unpaired) electrons. The molecule has 0 aromatic rings. The summed E-state index contributed by atoms with van der Waals surface area (Å²) in [4.78, 5) is 0. The Hall–Kier alpha value is 0.310. The lowest BCUT2D eigenvalue weighted by atomic mass is 10.1. The summed E-state index contributed by atoms with van der Waals surface area (Å²) in [7, 11) is -0.468. The van der Waals surface area contributed by atoms with Crippen LogP contribution in [0.25, 0.3) is 0 Å². The van der Waals surface area contributed by atoms with Gasteiger partial charge in [-0.2, -0.15) is 10.2 Å². The van der Waals surface area contributed by atoms with E-state index in [1.807, 2.05) is 0 Å². The minimum Gasteiger partial charge on any atom is -0.260 e. The normalized spacial score (nSPS) is 24.6. The lowest BCUT2D eigenvalue weighted by molar-refractivity contribution is 0.224. The number of hydrogen-bond acceptors (Lipinski definition) is 1. The van der Waals surface area contributed by atoms with Crippen molar-refractivity contribution in [2.24, 2.45) is 0 Å². The summed E-state index contributed by atoms with van der Waals surface area (Å²) in [6.45, 7) is 11.8. The van der Waals surface area contributed by atoms with Gasteiger partial charge in [-0.15, -0.1) is 0 Å². The molecule has 1 nitrogen and oxygen atoms in total. The molecular weight excluding hydrogens is 190 g/mol. The zero-order chi connectivity index (χ0) is 11.0. The molecule has 0 spiro atoms. The fourth-order valence-corrected chi connectivity index (χ4v) is 7.66. The number of hydrogen-bond donors (Lipinski definition) is 0. The molecule has 14 heavy (non-hydrogen) atoms. The Kier molecular flexibility index (Phi) is 3.58. The summed E-state index contributed by atoms with van der Waals surface area (Å²) in [5.41, 5.74) is 0.336. The van der Waals surface area contributed by atoms with Gasteiger partial charge < -0.3 is 0 Å². The van der Waals surface area contributed by atoms with Gasteiger partial charge in [0, 0.05) is 11.6 Å². The Morgan fingerprint density at radius 3 is 1.79 bits per heavy atom. The Morgan fingerprint density at radius 2 is 1.50 bits per heavy atom. The Labute approximate surface area is 91.7 Å². The molecule has 1 aliphatic heterocycles. The Bertz CT molecular complexity index is 187. The van der Waals surface area contributed by atoms with Crippen LogP contribution in [0.1, 0.15) is 47.5 Å². The van der Waals surface area contributed by atoms with Crippen molar-refractivity contribution in [2.75, 3.05) is 17.8 Å². The third kappa shape index (κ3) is 2.46. The molecule has 1 fully saturated rings. The van der Waals surface area contributed by atoms with Crippen molar-refractivity contribution < 1.29 is 0 Å². The van der Waals surface area contributed by atoms with Gasteiger partial charge in [0.05, 0.1) is 0 Å². The average Bonchev–Trinajstić information content (AvgIpc) is 2.31. The maximum absolute atomic E-state index is 2.80. The molecule has 0 unspecified atom stereocenters. The van der Waals surface area contributed by atoms with Gasteiger partial charge in [-0.05, 0) is 65.2 Å². The van der Waals surface area contributed by atoms with Gasteiger partial charge in [0.25, 0.3) is 0 Å². The molecule has 1 rings (SSSR count). The smallest absolute Gasteiger partial charge is 0.0216 e. The van der Waals surface area contributed by atoms with Crippen LogP contribution in [0.2, 0.25) is 0 Å².